The van der Waals surface area contributed by atoms with E-state index in [1.807, 2.05) is 6.92 Å². The van der Waals surface area contributed by atoms with E-state index in [4.69, 9.17) is 18.9 Å². The summed E-state index contributed by atoms with van der Waals surface area (Å²) in [6, 6.07) is 6.68. The van der Waals surface area contributed by atoms with Crippen molar-refractivity contribution in [1.82, 2.24) is 4.98 Å². The van der Waals surface area contributed by atoms with Crippen molar-refractivity contribution < 1.29 is 28.5 Å². The molecule has 0 aliphatic carbocycles. The molecule has 8 nitrogen and oxygen atoms in total. The van der Waals surface area contributed by atoms with Gasteiger partial charge in [0.1, 0.15) is 5.75 Å². The van der Waals surface area contributed by atoms with Gasteiger partial charge in [0.25, 0.3) is 0 Å². The average Bonchev–Trinajstić information content (AvgIpc) is 2.78. The van der Waals surface area contributed by atoms with E-state index in [2.05, 4.69) is 10.3 Å². The summed E-state index contributed by atoms with van der Waals surface area (Å²) in [5.74, 6) is 1.10. The van der Waals surface area contributed by atoms with Crippen molar-refractivity contribution in [3.63, 3.8) is 0 Å². The van der Waals surface area contributed by atoms with E-state index in [9.17, 15) is 9.59 Å². The first-order chi connectivity index (χ1) is 14.9. The van der Waals surface area contributed by atoms with Crippen LogP contribution in [0.5, 0.6) is 23.0 Å². The van der Waals surface area contributed by atoms with Crippen molar-refractivity contribution in [3.8, 4) is 23.0 Å². The number of ketones is 1. The van der Waals surface area contributed by atoms with Gasteiger partial charge in [-0.05, 0) is 36.6 Å². The number of nitrogens with one attached hydrogen (secondary N) is 1. The first kappa shape index (κ1) is 24.7. The Balaban J connectivity index is 0.00000363. The smallest absolute Gasteiger partial charge is 0.221 e. The summed E-state index contributed by atoms with van der Waals surface area (Å²) in [4.78, 5) is 29.4. The zero-order valence-corrected chi connectivity index (χ0v) is 19.3. The molecule has 1 amide bonds. The molecule has 0 bridgehead atoms. The predicted octanol–water partition coefficient (Wildman–Crippen LogP) is 4.27. The number of nitrogens with zero attached hydrogens (tertiary/aromatic N) is 1. The molecule has 0 radical (unpaired) electrons. The lowest BCUT2D eigenvalue weighted by Crippen LogP contribution is -2.10. The lowest BCUT2D eigenvalue weighted by molar-refractivity contribution is -0.114. The van der Waals surface area contributed by atoms with Crippen LogP contribution in [0.4, 0.5) is 5.69 Å². The van der Waals surface area contributed by atoms with Gasteiger partial charge < -0.3 is 24.3 Å². The van der Waals surface area contributed by atoms with Crippen LogP contribution in [0.25, 0.3) is 10.8 Å². The zero-order valence-electron chi connectivity index (χ0n) is 18.5. The number of pyridine rings is 1. The van der Waals surface area contributed by atoms with Crippen molar-refractivity contribution in [2.45, 2.75) is 13.8 Å². The number of rotatable bonds is 8. The van der Waals surface area contributed by atoms with E-state index in [1.54, 1.807) is 30.5 Å². The summed E-state index contributed by atoms with van der Waals surface area (Å²) in [6.45, 7) is 3.69. The normalized spacial score (nSPS) is 10.2. The van der Waals surface area contributed by atoms with E-state index in [0.717, 1.165) is 0 Å². The largest absolute Gasteiger partial charge is 0.493 e. The van der Waals surface area contributed by atoms with Gasteiger partial charge in [0, 0.05) is 35.8 Å². The number of anilines is 1. The van der Waals surface area contributed by atoms with Gasteiger partial charge >= 0.3 is 0 Å². The number of halogens is 1. The highest BCUT2D eigenvalue weighted by Gasteiger charge is 2.21. The molecule has 0 atom stereocenters. The van der Waals surface area contributed by atoms with Gasteiger partial charge in [0.05, 0.1) is 33.6 Å². The number of hydrogen-bond acceptors (Lipinski definition) is 7. The maximum absolute atomic E-state index is 13.4. The monoisotopic (exact) mass is 460 g/mol. The molecule has 1 heterocycles. The number of carbonyl (C=O) groups excluding carboxylic acids is 2. The van der Waals surface area contributed by atoms with Crippen molar-refractivity contribution in [3.05, 3.63) is 47.8 Å². The van der Waals surface area contributed by atoms with E-state index in [0.29, 0.717) is 57.2 Å². The Labute approximate surface area is 192 Å². The summed E-state index contributed by atoms with van der Waals surface area (Å²) in [6.07, 6.45) is 3.08. The third kappa shape index (κ3) is 4.70. The number of carbonyl (C=O) groups is 2. The highest BCUT2D eigenvalue weighted by atomic mass is 35.5. The van der Waals surface area contributed by atoms with Gasteiger partial charge in [-0.1, -0.05) is 0 Å². The molecule has 170 valence electrons. The van der Waals surface area contributed by atoms with Crippen LogP contribution in [-0.2, 0) is 4.79 Å². The second-order valence-electron chi connectivity index (χ2n) is 6.58. The summed E-state index contributed by atoms with van der Waals surface area (Å²) < 4.78 is 21.7. The highest BCUT2D eigenvalue weighted by molar-refractivity contribution is 6.18. The molecule has 3 aromatic rings. The molecule has 32 heavy (non-hydrogen) atoms. The minimum Gasteiger partial charge on any atom is -0.493 e. The maximum Gasteiger partial charge on any atom is 0.221 e. The minimum absolute atomic E-state index is 0. The Morgan fingerprint density at radius 3 is 2.12 bits per heavy atom. The van der Waals surface area contributed by atoms with E-state index >= 15 is 0 Å². The van der Waals surface area contributed by atoms with Gasteiger partial charge in [-0.2, -0.15) is 0 Å². The van der Waals surface area contributed by atoms with Gasteiger partial charge in [-0.15, -0.1) is 12.4 Å². The first-order valence-electron chi connectivity index (χ1n) is 9.60. The number of hydrogen-bond donors (Lipinski definition) is 1. The number of aromatic nitrogens is 1. The molecule has 3 rings (SSSR count). The quantitative estimate of drug-likeness (QED) is 0.501. The van der Waals surface area contributed by atoms with Crippen LogP contribution in [0.2, 0.25) is 0 Å². The Kier molecular flexibility index (Phi) is 8.26. The topological polar surface area (TPSA) is 96.0 Å². The van der Waals surface area contributed by atoms with Crippen LogP contribution in [-0.4, -0.2) is 44.6 Å². The SMILES string of the molecule is CCOc1ccc2c(C(=O)c3cc(OC)c(OC)c(OC)c3)cncc2c1NC(C)=O.Cl. The fraction of sp³-hybridized carbons (Fsp3) is 0.261. The highest BCUT2D eigenvalue weighted by Crippen LogP contribution is 2.40. The molecule has 0 unspecified atom stereocenters. The molecule has 1 N–H and O–H groups in total. The molecule has 9 heteroatoms. The van der Waals surface area contributed by atoms with E-state index < -0.39 is 0 Å². The zero-order chi connectivity index (χ0) is 22.5. The van der Waals surface area contributed by atoms with Gasteiger partial charge in [-0.25, -0.2) is 0 Å². The number of amides is 1. The molecule has 2 aromatic carbocycles. The first-order valence-corrected chi connectivity index (χ1v) is 9.60. The van der Waals surface area contributed by atoms with Crippen LogP contribution >= 0.6 is 12.4 Å². The van der Waals surface area contributed by atoms with Crippen molar-refractivity contribution in [1.29, 1.82) is 0 Å². The molecule has 0 spiro atoms. The predicted molar refractivity (Wildman–Crippen MR) is 124 cm³/mol. The average molecular weight is 461 g/mol. The standard InChI is InChI=1S/C23H24N2O6.ClH/c1-6-31-18-8-7-15-16(21(18)25-13(2)26)11-24-12-17(15)22(27)14-9-19(28-3)23(30-5)20(10-14)29-4;/h7-12H,6H2,1-5H3,(H,25,26);1H. The van der Waals surface area contributed by atoms with Crippen LogP contribution in [0.3, 0.4) is 0 Å². The van der Waals surface area contributed by atoms with E-state index in [1.165, 1.54) is 34.4 Å². The van der Waals surface area contributed by atoms with Crippen molar-refractivity contribution >= 4 is 40.6 Å². The minimum atomic E-state index is -0.282. The molecule has 0 fully saturated rings. The fourth-order valence-corrected chi connectivity index (χ4v) is 3.35. The molecule has 0 saturated heterocycles. The molecule has 0 aliphatic heterocycles. The van der Waals surface area contributed by atoms with Gasteiger partial charge in [0.2, 0.25) is 11.7 Å². The van der Waals surface area contributed by atoms with Crippen LogP contribution in [0.1, 0.15) is 29.8 Å². The summed E-state index contributed by atoms with van der Waals surface area (Å²) in [5.41, 5.74) is 1.18. The summed E-state index contributed by atoms with van der Waals surface area (Å²) in [7, 11) is 4.47. The summed E-state index contributed by atoms with van der Waals surface area (Å²) >= 11 is 0. The van der Waals surface area contributed by atoms with Crippen molar-refractivity contribution in [2.75, 3.05) is 33.3 Å². The van der Waals surface area contributed by atoms with Gasteiger partial charge in [-0.3, -0.25) is 14.6 Å². The molecule has 0 saturated carbocycles. The number of fused-ring (bicyclic) bond motifs is 1. The van der Waals surface area contributed by atoms with Crippen LogP contribution in [0.15, 0.2) is 36.7 Å². The third-order valence-corrected chi connectivity index (χ3v) is 4.68. The second-order valence-corrected chi connectivity index (χ2v) is 6.58. The van der Waals surface area contributed by atoms with Crippen molar-refractivity contribution in [2.24, 2.45) is 0 Å². The van der Waals surface area contributed by atoms with Crippen LogP contribution in [0, 0.1) is 0 Å². The maximum atomic E-state index is 13.4. The number of ether oxygens (including phenoxy) is 4. The fourth-order valence-electron chi connectivity index (χ4n) is 3.35. The third-order valence-electron chi connectivity index (χ3n) is 4.68. The number of methoxy groups -OCH3 is 3. The van der Waals surface area contributed by atoms with Gasteiger partial charge in [0.15, 0.2) is 17.3 Å². The van der Waals surface area contributed by atoms with Crippen LogP contribution < -0.4 is 24.3 Å². The Morgan fingerprint density at radius 1 is 0.938 bits per heavy atom. The Morgan fingerprint density at radius 2 is 1.59 bits per heavy atom. The van der Waals surface area contributed by atoms with E-state index in [-0.39, 0.29) is 24.1 Å². The summed E-state index contributed by atoms with van der Waals surface area (Å²) in [5, 5.41) is 4.01. The Hall–Kier alpha value is -3.52. The molecule has 0 aliphatic rings. The molecular formula is C23H25ClN2O6. The Bertz CT molecular complexity index is 1120. The molecule has 1 aromatic heterocycles. The second kappa shape index (κ2) is 10.7. The molecular weight excluding hydrogens is 436 g/mol. The lowest BCUT2D eigenvalue weighted by Gasteiger charge is -2.16. The number of benzene rings is 2. The lowest BCUT2D eigenvalue weighted by atomic mass is 9.98.